The standard InChI is InChI=1S/C22H21FN2O2/c1-16(12-17-6-4-7-18(23)13-17)22(26)25-19-9-5-10-21(14-19)27-15-20-8-2-3-11-24-20/h2-11,13-14,16H,12,15H2,1H3,(H,25,26). The predicted octanol–water partition coefficient (Wildman–Crippen LogP) is 4.62. The van der Waals surface area contributed by atoms with Crippen LogP contribution in [0.5, 0.6) is 5.75 Å². The molecule has 1 atom stereocenters. The van der Waals surface area contributed by atoms with Crippen LogP contribution in [0.1, 0.15) is 18.2 Å². The second-order valence-electron chi connectivity index (χ2n) is 6.36. The van der Waals surface area contributed by atoms with Crippen molar-refractivity contribution in [1.29, 1.82) is 0 Å². The first-order chi connectivity index (χ1) is 13.1. The number of nitrogens with zero attached hydrogens (tertiary/aromatic N) is 1. The summed E-state index contributed by atoms with van der Waals surface area (Å²) >= 11 is 0. The van der Waals surface area contributed by atoms with Gasteiger partial charge < -0.3 is 10.1 Å². The number of pyridine rings is 1. The van der Waals surface area contributed by atoms with Gasteiger partial charge in [-0.1, -0.05) is 31.2 Å². The lowest BCUT2D eigenvalue weighted by molar-refractivity contribution is -0.119. The van der Waals surface area contributed by atoms with E-state index >= 15 is 0 Å². The van der Waals surface area contributed by atoms with Crippen LogP contribution in [-0.4, -0.2) is 10.9 Å². The summed E-state index contributed by atoms with van der Waals surface area (Å²) in [5.41, 5.74) is 2.28. The number of amides is 1. The molecule has 5 heteroatoms. The zero-order chi connectivity index (χ0) is 19.1. The molecular formula is C22H21FN2O2. The van der Waals surface area contributed by atoms with E-state index < -0.39 is 0 Å². The Labute approximate surface area is 158 Å². The lowest BCUT2D eigenvalue weighted by Crippen LogP contribution is -2.22. The number of nitrogens with one attached hydrogen (secondary N) is 1. The first kappa shape index (κ1) is 18.6. The zero-order valence-electron chi connectivity index (χ0n) is 15.1. The van der Waals surface area contributed by atoms with Crippen molar-refractivity contribution >= 4 is 11.6 Å². The fourth-order valence-electron chi connectivity index (χ4n) is 2.68. The third-order valence-electron chi connectivity index (χ3n) is 4.09. The number of aromatic nitrogens is 1. The number of carbonyl (C=O) groups is 1. The van der Waals surface area contributed by atoms with Gasteiger partial charge in [-0.15, -0.1) is 0 Å². The summed E-state index contributed by atoms with van der Waals surface area (Å²) in [6.07, 6.45) is 2.19. The van der Waals surface area contributed by atoms with Gasteiger partial charge in [0.15, 0.2) is 0 Å². The second-order valence-corrected chi connectivity index (χ2v) is 6.36. The number of rotatable bonds is 7. The van der Waals surface area contributed by atoms with E-state index in [9.17, 15) is 9.18 Å². The molecule has 0 aliphatic carbocycles. The Morgan fingerprint density at radius 1 is 1.11 bits per heavy atom. The van der Waals surface area contributed by atoms with Crippen LogP contribution >= 0.6 is 0 Å². The lowest BCUT2D eigenvalue weighted by Gasteiger charge is -2.13. The molecular weight excluding hydrogens is 343 g/mol. The van der Waals surface area contributed by atoms with Gasteiger partial charge in [0.25, 0.3) is 0 Å². The molecule has 4 nitrogen and oxygen atoms in total. The average molecular weight is 364 g/mol. The van der Waals surface area contributed by atoms with Crippen LogP contribution in [0.2, 0.25) is 0 Å². The van der Waals surface area contributed by atoms with E-state index in [1.54, 1.807) is 24.4 Å². The molecule has 1 amide bonds. The van der Waals surface area contributed by atoms with Gasteiger partial charge in [0, 0.05) is 23.9 Å². The minimum atomic E-state index is -0.294. The van der Waals surface area contributed by atoms with Crippen LogP contribution in [-0.2, 0) is 17.8 Å². The highest BCUT2D eigenvalue weighted by Gasteiger charge is 2.14. The quantitative estimate of drug-likeness (QED) is 0.666. The molecule has 138 valence electrons. The van der Waals surface area contributed by atoms with Gasteiger partial charge in [0.1, 0.15) is 18.2 Å². The first-order valence-electron chi connectivity index (χ1n) is 8.78. The van der Waals surface area contributed by atoms with Crippen LogP contribution in [0.3, 0.4) is 0 Å². The number of anilines is 1. The number of benzene rings is 2. The Kier molecular flexibility index (Phi) is 6.15. The summed E-state index contributed by atoms with van der Waals surface area (Å²) in [6.45, 7) is 2.18. The SMILES string of the molecule is CC(Cc1cccc(F)c1)C(=O)Nc1cccc(OCc2ccccn2)c1. The summed E-state index contributed by atoms with van der Waals surface area (Å²) in [5, 5.41) is 2.89. The summed E-state index contributed by atoms with van der Waals surface area (Å²) < 4.78 is 19.0. The maximum Gasteiger partial charge on any atom is 0.227 e. The first-order valence-corrected chi connectivity index (χ1v) is 8.78. The molecule has 1 N–H and O–H groups in total. The summed E-state index contributed by atoms with van der Waals surface area (Å²) in [6, 6.07) is 19.2. The minimum absolute atomic E-state index is 0.124. The van der Waals surface area contributed by atoms with E-state index in [1.165, 1.54) is 12.1 Å². The number of hydrogen-bond donors (Lipinski definition) is 1. The van der Waals surface area contributed by atoms with Crippen LogP contribution in [0, 0.1) is 11.7 Å². The van der Waals surface area contributed by atoms with Gasteiger partial charge >= 0.3 is 0 Å². The maximum atomic E-state index is 13.3. The van der Waals surface area contributed by atoms with Crippen LogP contribution in [0.15, 0.2) is 72.9 Å². The molecule has 0 aliphatic rings. The summed E-state index contributed by atoms with van der Waals surface area (Å²) in [7, 11) is 0. The third-order valence-corrected chi connectivity index (χ3v) is 4.09. The highest BCUT2D eigenvalue weighted by molar-refractivity contribution is 5.92. The molecule has 0 bridgehead atoms. The second kappa shape index (κ2) is 8.94. The van der Waals surface area contributed by atoms with Crippen LogP contribution in [0.4, 0.5) is 10.1 Å². The number of hydrogen-bond acceptors (Lipinski definition) is 3. The number of carbonyl (C=O) groups excluding carboxylic acids is 1. The Morgan fingerprint density at radius 3 is 2.74 bits per heavy atom. The maximum absolute atomic E-state index is 13.3. The zero-order valence-corrected chi connectivity index (χ0v) is 15.1. The fraction of sp³-hybridized carbons (Fsp3) is 0.182. The molecule has 1 aromatic heterocycles. The lowest BCUT2D eigenvalue weighted by atomic mass is 10.0. The molecule has 0 saturated heterocycles. The van der Waals surface area contributed by atoms with E-state index in [4.69, 9.17) is 4.74 Å². The van der Waals surface area contributed by atoms with E-state index in [2.05, 4.69) is 10.3 Å². The van der Waals surface area contributed by atoms with Crippen LogP contribution in [0.25, 0.3) is 0 Å². The molecule has 0 fully saturated rings. The highest BCUT2D eigenvalue weighted by Crippen LogP contribution is 2.20. The Balaban J connectivity index is 1.57. The normalized spacial score (nSPS) is 11.6. The van der Waals surface area contributed by atoms with Gasteiger partial charge in [-0.3, -0.25) is 9.78 Å². The van der Waals surface area contributed by atoms with E-state index in [0.717, 1.165) is 11.3 Å². The van der Waals surface area contributed by atoms with E-state index in [1.807, 2.05) is 43.3 Å². The molecule has 2 aromatic carbocycles. The third kappa shape index (κ3) is 5.64. The molecule has 0 saturated carbocycles. The molecule has 0 radical (unpaired) electrons. The Bertz CT molecular complexity index is 900. The van der Waals surface area contributed by atoms with E-state index in [0.29, 0.717) is 24.5 Å². The van der Waals surface area contributed by atoms with Gasteiger partial charge in [-0.05, 0) is 48.4 Å². The number of halogens is 1. The minimum Gasteiger partial charge on any atom is -0.487 e. The van der Waals surface area contributed by atoms with Crippen LogP contribution < -0.4 is 10.1 Å². The average Bonchev–Trinajstić information content (AvgIpc) is 2.67. The van der Waals surface area contributed by atoms with Gasteiger partial charge in [-0.2, -0.15) is 0 Å². The smallest absolute Gasteiger partial charge is 0.227 e. The summed E-state index contributed by atoms with van der Waals surface area (Å²) in [5.74, 6) is -0.0554. The molecule has 3 aromatic rings. The summed E-state index contributed by atoms with van der Waals surface area (Å²) in [4.78, 5) is 16.6. The van der Waals surface area contributed by atoms with Gasteiger partial charge in [0.2, 0.25) is 5.91 Å². The topological polar surface area (TPSA) is 51.2 Å². The van der Waals surface area contributed by atoms with Crippen molar-refractivity contribution in [1.82, 2.24) is 4.98 Å². The van der Waals surface area contributed by atoms with Gasteiger partial charge in [-0.25, -0.2) is 4.39 Å². The van der Waals surface area contributed by atoms with Crippen molar-refractivity contribution in [2.45, 2.75) is 20.0 Å². The molecule has 0 aliphatic heterocycles. The number of ether oxygens (including phenoxy) is 1. The molecule has 1 heterocycles. The largest absolute Gasteiger partial charge is 0.487 e. The van der Waals surface area contributed by atoms with Crippen molar-refractivity contribution in [3.63, 3.8) is 0 Å². The van der Waals surface area contributed by atoms with Crippen molar-refractivity contribution < 1.29 is 13.9 Å². The molecule has 3 rings (SSSR count). The Hall–Kier alpha value is -3.21. The van der Waals surface area contributed by atoms with Gasteiger partial charge in [0.05, 0.1) is 5.69 Å². The van der Waals surface area contributed by atoms with Crippen molar-refractivity contribution in [2.24, 2.45) is 5.92 Å². The monoisotopic (exact) mass is 364 g/mol. The highest BCUT2D eigenvalue weighted by atomic mass is 19.1. The molecule has 1 unspecified atom stereocenters. The molecule has 27 heavy (non-hydrogen) atoms. The Morgan fingerprint density at radius 2 is 1.96 bits per heavy atom. The van der Waals surface area contributed by atoms with Crippen molar-refractivity contribution in [2.75, 3.05) is 5.32 Å². The fourth-order valence-corrected chi connectivity index (χ4v) is 2.68. The van der Waals surface area contributed by atoms with Crippen molar-refractivity contribution in [3.8, 4) is 5.75 Å². The molecule has 0 spiro atoms. The predicted molar refractivity (Wildman–Crippen MR) is 103 cm³/mol. The van der Waals surface area contributed by atoms with Crippen molar-refractivity contribution in [3.05, 3.63) is 90.0 Å². The van der Waals surface area contributed by atoms with E-state index in [-0.39, 0.29) is 17.6 Å².